The summed E-state index contributed by atoms with van der Waals surface area (Å²) in [5.41, 5.74) is 5.45. The fourth-order valence-corrected chi connectivity index (χ4v) is 0.961. The first kappa shape index (κ1) is 14.3. The van der Waals surface area contributed by atoms with Gasteiger partial charge < -0.3 is 10.8 Å². The molecule has 3 nitrogen and oxygen atoms in total. The molecule has 0 spiro atoms. The number of halogens is 1. The highest BCUT2D eigenvalue weighted by Crippen LogP contribution is 2.25. The van der Waals surface area contributed by atoms with E-state index in [0.29, 0.717) is 13.0 Å². The summed E-state index contributed by atoms with van der Waals surface area (Å²) < 4.78 is 0. The van der Waals surface area contributed by atoms with Crippen LogP contribution in [0.25, 0.3) is 0 Å². The number of aliphatic carboxylic acids is 1. The van der Waals surface area contributed by atoms with Gasteiger partial charge in [0.2, 0.25) is 0 Å². The quantitative estimate of drug-likeness (QED) is 0.701. The zero-order chi connectivity index (χ0) is 8.91. The summed E-state index contributed by atoms with van der Waals surface area (Å²) in [4.78, 5) is 10.2. The highest BCUT2D eigenvalue weighted by Gasteiger charge is 2.17. The van der Waals surface area contributed by atoms with Crippen LogP contribution < -0.4 is 5.73 Å². The fraction of sp³-hybridized carbons (Fsp3) is 0.875. The maximum atomic E-state index is 10.2. The summed E-state index contributed by atoms with van der Waals surface area (Å²) in [6.07, 6.45) is 1.84. The standard InChI is InChI=1S/C8H17NO2.ClH/c1-8(2,5-6-9)4-3-7(10)11;/h3-6,9H2,1-2H3,(H,10,11);1H. The first-order chi connectivity index (χ1) is 4.98. The van der Waals surface area contributed by atoms with Crippen molar-refractivity contribution in [1.82, 2.24) is 0 Å². The van der Waals surface area contributed by atoms with E-state index in [-0.39, 0.29) is 24.2 Å². The molecule has 12 heavy (non-hydrogen) atoms. The second kappa shape index (κ2) is 6.26. The molecular weight excluding hydrogens is 178 g/mol. The van der Waals surface area contributed by atoms with Crippen LogP contribution in [0.3, 0.4) is 0 Å². The van der Waals surface area contributed by atoms with Gasteiger partial charge in [-0.05, 0) is 24.8 Å². The van der Waals surface area contributed by atoms with Gasteiger partial charge in [-0.2, -0.15) is 0 Å². The van der Waals surface area contributed by atoms with Crippen LogP contribution in [0.1, 0.15) is 33.1 Å². The Kier molecular flexibility index (Phi) is 7.44. The highest BCUT2D eigenvalue weighted by molar-refractivity contribution is 5.85. The number of rotatable bonds is 5. The van der Waals surface area contributed by atoms with E-state index in [1.807, 2.05) is 13.8 Å². The Morgan fingerprint density at radius 1 is 1.42 bits per heavy atom. The molecular formula is C8H18ClNO2. The Morgan fingerprint density at radius 2 is 1.92 bits per heavy atom. The largest absolute Gasteiger partial charge is 0.481 e. The molecule has 0 rings (SSSR count). The van der Waals surface area contributed by atoms with E-state index < -0.39 is 5.97 Å². The Morgan fingerprint density at radius 3 is 2.25 bits per heavy atom. The number of hydrogen-bond acceptors (Lipinski definition) is 2. The lowest BCUT2D eigenvalue weighted by Gasteiger charge is -2.22. The molecule has 74 valence electrons. The maximum absolute atomic E-state index is 10.2. The summed E-state index contributed by atoms with van der Waals surface area (Å²) in [7, 11) is 0. The molecule has 0 radical (unpaired) electrons. The number of carboxylic acid groups (broad SMARTS) is 1. The lowest BCUT2D eigenvalue weighted by molar-refractivity contribution is -0.137. The minimum absolute atomic E-state index is 0. The molecule has 3 N–H and O–H groups in total. The van der Waals surface area contributed by atoms with Gasteiger partial charge in [0, 0.05) is 6.42 Å². The van der Waals surface area contributed by atoms with Crippen LogP contribution in [0.2, 0.25) is 0 Å². The van der Waals surface area contributed by atoms with Gasteiger partial charge in [0.05, 0.1) is 0 Å². The molecule has 0 fully saturated rings. The Hall–Kier alpha value is -0.280. The third-order valence-electron chi connectivity index (χ3n) is 1.84. The molecule has 0 saturated heterocycles. The average molecular weight is 196 g/mol. The van der Waals surface area contributed by atoms with Crippen molar-refractivity contribution in [3.05, 3.63) is 0 Å². The first-order valence-electron chi connectivity index (χ1n) is 3.90. The SMILES string of the molecule is CC(C)(CCN)CCC(=O)O.Cl. The van der Waals surface area contributed by atoms with Gasteiger partial charge in [-0.3, -0.25) is 4.79 Å². The Labute approximate surface area is 79.7 Å². The van der Waals surface area contributed by atoms with Gasteiger partial charge in [0.25, 0.3) is 0 Å². The summed E-state index contributed by atoms with van der Waals surface area (Å²) >= 11 is 0. The minimum atomic E-state index is -0.727. The smallest absolute Gasteiger partial charge is 0.303 e. The van der Waals surface area contributed by atoms with Crippen molar-refractivity contribution in [3.8, 4) is 0 Å². The Balaban J connectivity index is 0. The molecule has 0 atom stereocenters. The number of carboxylic acids is 1. The zero-order valence-corrected chi connectivity index (χ0v) is 8.49. The average Bonchev–Trinajstić information content (AvgIpc) is 1.84. The molecule has 0 aromatic carbocycles. The van der Waals surface area contributed by atoms with Crippen molar-refractivity contribution in [3.63, 3.8) is 0 Å². The van der Waals surface area contributed by atoms with Crippen LogP contribution in [0, 0.1) is 5.41 Å². The first-order valence-corrected chi connectivity index (χ1v) is 3.90. The topological polar surface area (TPSA) is 63.3 Å². The van der Waals surface area contributed by atoms with E-state index in [0.717, 1.165) is 6.42 Å². The molecule has 0 aromatic rings. The molecule has 0 heterocycles. The van der Waals surface area contributed by atoms with E-state index in [1.165, 1.54) is 0 Å². The summed E-state index contributed by atoms with van der Waals surface area (Å²) in [6, 6.07) is 0. The molecule has 0 aromatic heterocycles. The third-order valence-corrected chi connectivity index (χ3v) is 1.84. The Bertz CT molecular complexity index is 137. The highest BCUT2D eigenvalue weighted by atomic mass is 35.5. The van der Waals surface area contributed by atoms with Crippen molar-refractivity contribution < 1.29 is 9.90 Å². The zero-order valence-electron chi connectivity index (χ0n) is 7.67. The van der Waals surface area contributed by atoms with E-state index in [4.69, 9.17) is 10.8 Å². The second-order valence-corrected chi connectivity index (χ2v) is 3.60. The summed E-state index contributed by atoms with van der Waals surface area (Å²) in [5, 5.41) is 8.41. The van der Waals surface area contributed by atoms with Gasteiger partial charge in [-0.15, -0.1) is 12.4 Å². The van der Waals surface area contributed by atoms with Crippen LogP contribution in [0.4, 0.5) is 0 Å². The van der Waals surface area contributed by atoms with Crippen LogP contribution in [0.5, 0.6) is 0 Å². The molecule has 0 bridgehead atoms. The van der Waals surface area contributed by atoms with Gasteiger partial charge in [-0.1, -0.05) is 13.8 Å². The molecule has 0 saturated carbocycles. The van der Waals surface area contributed by atoms with Crippen LogP contribution >= 0.6 is 12.4 Å². The predicted octanol–water partition coefficient (Wildman–Crippen LogP) is 1.65. The van der Waals surface area contributed by atoms with E-state index in [2.05, 4.69) is 0 Å². The minimum Gasteiger partial charge on any atom is -0.481 e. The van der Waals surface area contributed by atoms with E-state index in [9.17, 15) is 4.79 Å². The van der Waals surface area contributed by atoms with Crippen molar-refractivity contribution in [2.75, 3.05) is 6.54 Å². The number of nitrogens with two attached hydrogens (primary N) is 1. The molecule has 0 unspecified atom stereocenters. The van der Waals surface area contributed by atoms with Gasteiger partial charge in [0.1, 0.15) is 0 Å². The van der Waals surface area contributed by atoms with Crippen molar-refractivity contribution >= 4 is 18.4 Å². The van der Waals surface area contributed by atoms with E-state index in [1.54, 1.807) is 0 Å². The molecule has 0 aliphatic rings. The monoisotopic (exact) mass is 195 g/mol. The van der Waals surface area contributed by atoms with Gasteiger partial charge in [0.15, 0.2) is 0 Å². The molecule has 0 aliphatic carbocycles. The van der Waals surface area contributed by atoms with Crippen LogP contribution in [-0.2, 0) is 4.79 Å². The van der Waals surface area contributed by atoms with Gasteiger partial charge in [-0.25, -0.2) is 0 Å². The van der Waals surface area contributed by atoms with Crippen molar-refractivity contribution in [2.24, 2.45) is 11.1 Å². The second-order valence-electron chi connectivity index (χ2n) is 3.60. The van der Waals surface area contributed by atoms with Crippen molar-refractivity contribution in [2.45, 2.75) is 33.1 Å². The van der Waals surface area contributed by atoms with Gasteiger partial charge >= 0.3 is 5.97 Å². The normalized spacial score (nSPS) is 10.6. The van der Waals surface area contributed by atoms with Crippen LogP contribution in [-0.4, -0.2) is 17.6 Å². The summed E-state index contributed by atoms with van der Waals surface area (Å²) in [5.74, 6) is -0.727. The predicted molar refractivity (Wildman–Crippen MR) is 51.6 cm³/mol. The summed E-state index contributed by atoms with van der Waals surface area (Å²) in [6.45, 7) is 4.72. The maximum Gasteiger partial charge on any atom is 0.303 e. The lowest BCUT2D eigenvalue weighted by Crippen LogP contribution is -2.18. The lowest BCUT2D eigenvalue weighted by atomic mass is 9.84. The fourth-order valence-electron chi connectivity index (χ4n) is 0.961. The molecule has 0 amide bonds. The number of hydrogen-bond donors (Lipinski definition) is 2. The van der Waals surface area contributed by atoms with Crippen LogP contribution in [0.15, 0.2) is 0 Å². The molecule has 0 aliphatic heterocycles. The van der Waals surface area contributed by atoms with Crippen molar-refractivity contribution in [1.29, 1.82) is 0 Å². The number of carbonyl (C=O) groups is 1. The molecule has 4 heteroatoms. The third kappa shape index (κ3) is 7.82. The van der Waals surface area contributed by atoms with E-state index >= 15 is 0 Å².